The van der Waals surface area contributed by atoms with E-state index in [1.165, 1.54) is 0 Å². The molecule has 0 fully saturated rings. The summed E-state index contributed by atoms with van der Waals surface area (Å²) in [5.74, 6) is 2.12. The lowest BCUT2D eigenvalue weighted by atomic mass is 10.2. The molecule has 138 valence electrons. The van der Waals surface area contributed by atoms with Gasteiger partial charge in [-0.1, -0.05) is 6.07 Å². The molecule has 27 heavy (non-hydrogen) atoms. The number of hydrogen-bond acceptors (Lipinski definition) is 6. The Morgan fingerprint density at radius 1 is 0.889 bits per heavy atom. The number of anilines is 3. The molecule has 3 rings (SSSR count). The van der Waals surface area contributed by atoms with Crippen molar-refractivity contribution in [1.29, 1.82) is 0 Å². The topological polar surface area (TPSA) is 85.4 Å². The minimum absolute atomic E-state index is 0.265. The third kappa shape index (κ3) is 4.72. The fourth-order valence-electron chi connectivity index (χ4n) is 2.47. The molecule has 0 saturated heterocycles. The molecule has 2 N–H and O–H groups in total. The van der Waals surface area contributed by atoms with Crippen molar-refractivity contribution < 1.29 is 14.3 Å². The summed E-state index contributed by atoms with van der Waals surface area (Å²) in [7, 11) is 3.19. The number of aryl methyl sites for hydroxylation is 1. The van der Waals surface area contributed by atoms with Crippen LogP contribution in [0, 0.1) is 6.92 Å². The van der Waals surface area contributed by atoms with E-state index >= 15 is 0 Å². The Balaban J connectivity index is 1.78. The average molecular weight is 364 g/mol. The van der Waals surface area contributed by atoms with Crippen LogP contribution < -0.4 is 20.1 Å². The number of carbonyl (C=O) groups excluding carboxylic acids is 1. The molecule has 0 bridgehead atoms. The number of carbonyl (C=O) groups is 1. The molecule has 0 unspecified atom stereocenters. The van der Waals surface area contributed by atoms with Gasteiger partial charge in [-0.05, 0) is 43.3 Å². The van der Waals surface area contributed by atoms with Crippen LogP contribution in [0.5, 0.6) is 11.5 Å². The van der Waals surface area contributed by atoms with Crippen molar-refractivity contribution in [2.24, 2.45) is 0 Å². The molecule has 0 aliphatic carbocycles. The monoisotopic (exact) mass is 364 g/mol. The maximum Gasteiger partial charge on any atom is 0.274 e. The van der Waals surface area contributed by atoms with Crippen LogP contribution in [0.2, 0.25) is 0 Å². The van der Waals surface area contributed by atoms with Gasteiger partial charge in [0, 0.05) is 23.5 Å². The number of nitrogens with zero attached hydrogens (tertiary/aromatic N) is 2. The molecule has 3 aromatic rings. The van der Waals surface area contributed by atoms with Crippen molar-refractivity contribution >= 4 is 23.1 Å². The zero-order valence-electron chi connectivity index (χ0n) is 15.3. The molecule has 0 radical (unpaired) electrons. The SMILES string of the molecule is COc1ccc(Nc2cc(C(=O)Nc3cccc(OC)c3)nc(C)n2)cc1. The van der Waals surface area contributed by atoms with Gasteiger partial charge in [0.1, 0.15) is 28.8 Å². The van der Waals surface area contributed by atoms with Gasteiger partial charge in [0.25, 0.3) is 5.91 Å². The first-order chi connectivity index (χ1) is 13.1. The van der Waals surface area contributed by atoms with Gasteiger partial charge in [-0.25, -0.2) is 9.97 Å². The summed E-state index contributed by atoms with van der Waals surface area (Å²) in [6.45, 7) is 1.74. The van der Waals surface area contributed by atoms with E-state index < -0.39 is 0 Å². The van der Waals surface area contributed by atoms with Gasteiger partial charge in [-0.2, -0.15) is 0 Å². The van der Waals surface area contributed by atoms with E-state index in [-0.39, 0.29) is 11.6 Å². The quantitative estimate of drug-likeness (QED) is 0.692. The van der Waals surface area contributed by atoms with Crippen molar-refractivity contribution in [3.8, 4) is 11.5 Å². The Morgan fingerprint density at radius 2 is 1.63 bits per heavy atom. The Bertz CT molecular complexity index is 942. The smallest absolute Gasteiger partial charge is 0.274 e. The van der Waals surface area contributed by atoms with E-state index in [0.29, 0.717) is 23.1 Å². The maximum atomic E-state index is 12.6. The lowest BCUT2D eigenvalue weighted by Gasteiger charge is -2.10. The standard InChI is InChI=1S/C20H20N4O3/c1-13-21-18(20(25)24-15-5-4-6-17(11-15)27-3)12-19(22-13)23-14-7-9-16(26-2)10-8-14/h4-12H,1-3H3,(H,24,25)(H,21,22,23). The molecule has 0 saturated carbocycles. The normalized spacial score (nSPS) is 10.2. The van der Waals surface area contributed by atoms with Crippen molar-refractivity contribution in [1.82, 2.24) is 9.97 Å². The first kappa shape index (κ1) is 18.2. The zero-order valence-corrected chi connectivity index (χ0v) is 15.3. The Morgan fingerprint density at radius 3 is 2.33 bits per heavy atom. The number of aromatic nitrogens is 2. The van der Waals surface area contributed by atoms with Gasteiger partial charge in [-0.3, -0.25) is 4.79 Å². The molecule has 7 heteroatoms. The van der Waals surface area contributed by atoms with Gasteiger partial charge in [0.15, 0.2) is 0 Å². The minimum atomic E-state index is -0.327. The van der Waals surface area contributed by atoms with Gasteiger partial charge in [-0.15, -0.1) is 0 Å². The lowest BCUT2D eigenvalue weighted by Crippen LogP contribution is -2.15. The Hall–Kier alpha value is -3.61. The highest BCUT2D eigenvalue weighted by Gasteiger charge is 2.12. The van der Waals surface area contributed by atoms with Crippen LogP contribution in [0.4, 0.5) is 17.2 Å². The van der Waals surface area contributed by atoms with Gasteiger partial charge < -0.3 is 20.1 Å². The third-order valence-corrected chi connectivity index (χ3v) is 3.76. The molecule has 0 spiro atoms. The maximum absolute atomic E-state index is 12.6. The van der Waals surface area contributed by atoms with Crippen molar-refractivity contribution in [2.45, 2.75) is 6.92 Å². The second-order valence-electron chi connectivity index (χ2n) is 5.73. The van der Waals surface area contributed by atoms with Gasteiger partial charge >= 0.3 is 0 Å². The highest BCUT2D eigenvalue weighted by molar-refractivity contribution is 6.03. The molecule has 0 aliphatic rings. The molecular weight excluding hydrogens is 344 g/mol. The van der Waals surface area contributed by atoms with E-state index in [1.54, 1.807) is 51.5 Å². The molecular formula is C20H20N4O3. The zero-order chi connectivity index (χ0) is 19.2. The Kier molecular flexibility index (Phi) is 5.51. The fraction of sp³-hybridized carbons (Fsp3) is 0.150. The summed E-state index contributed by atoms with van der Waals surface area (Å²) in [6, 6.07) is 16.1. The summed E-state index contributed by atoms with van der Waals surface area (Å²) in [5.41, 5.74) is 1.72. The van der Waals surface area contributed by atoms with E-state index in [0.717, 1.165) is 11.4 Å². The first-order valence-electron chi connectivity index (χ1n) is 8.29. The van der Waals surface area contributed by atoms with Crippen LogP contribution in [0.3, 0.4) is 0 Å². The number of ether oxygens (including phenoxy) is 2. The second kappa shape index (κ2) is 8.18. The van der Waals surface area contributed by atoms with Crippen molar-refractivity contribution in [2.75, 3.05) is 24.9 Å². The molecule has 1 amide bonds. The predicted molar refractivity (Wildman–Crippen MR) is 104 cm³/mol. The number of amides is 1. The lowest BCUT2D eigenvalue weighted by molar-refractivity contribution is 0.102. The molecule has 0 atom stereocenters. The van der Waals surface area contributed by atoms with E-state index in [1.807, 2.05) is 24.3 Å². The van der Waals surface area contributed by atoms with Crippen LogP contribution in [0.1, 0.15) is 16.3 Å². The number of nitrogens with one attached hydrogen (secondary N) is 2. The predicted octanol–water partition coefficient (Wildman–Crippen LogP) is 3.80. The molecule has 1 heterocycles. The van der Waals surface area contributed by atoms with Gasteiger partial charge in [0.05, 0.1) is 14.2 Å². The summed E-state index contributed by atoms with van der Waals surface area (Å²) < 4.78 is 10.3. The highest BCUT2D eigenvalue weighted by Crippen LogP contribution is 2.20. The minimum Gasteiger partial charge on any atom is -0.497 e. The number of hydrogen-bond donors (Lipinski definition) is 2. The number of methoxy groups -OCH3 is 2. The molecule has 1 aromatic heterocycles. The van der Waals surface area contributed by atoms with Crippen molar-refractivity contribution in [3.63, 3.8) is 0 Å². The van der Waals surface area contributed by atoms with Crippen LogP contribution in [0.25, 0.3) is 0 Å². The average Bonchev–Trinajstić information content (AvgIpc) is 2.68. The highest BCUT2D eigenvalue weighted by atomic mass is 16.5. The molecule has 7 nitrogen and oxygen atoms in total. The molecule has 2 aromatic carbocycles. The number of rotatable bonds is 6. The van der Waals surface area contributed by atoms with Crippen LogP contribution in [-0.4, -0.2) is 30.1 Å². The first-order valence-corrected chi connectivity index (χ1v) is 8.29. The third-order valence-electron chi connectivity index (χ3n) is 3.76. The van der Waals surface area contributed by atoms with Crippen LogP contribution in [0.15, 0.2) is 54.6 Å². The second-order valence-corrected chi connectivity index (χ2v) is 5.73. The van der Waals surface area contributed by atoms with Crippen LogP contribution in [-0.2, 0) is 0 Å². The van der Waals surface area contributed by atoms with E-state index in [4.69, 9.17) is 9.47 Å². The van der Waals surface area contributed by atoms with Crippen LogP contribution >= 0.6 is 0 Å². The summed E-state index contributed by atoms with van der Waals surface area (Å²) in [4.78, 5) is 21.1. The molecule has 0 aliphatic heterocycles. The van der Waals surface area contributed by atoms with E-state index in [9.17, 15) is 4.79 Å². The summed E-state index contributed by atoms with van der Waals surface area (Å²) >= 11 is 0. The largest absolute Gasteiger partial charge is 0.497 e. The van der Waals surface area contributed by atoms with E-state index in [2.05, 4.69) is 20.6 Å². The summed E-state index contributed by atoms with van der Waals surface area (Å²) in [6.07, 6.45) is 0. The fourth-order valence-corrected chi connectivity index (χ4v) is 2.47. The Labute approximate surface area is 157 Å². The summed E-state index contributed by atoms with van der Waals surface area (Å²) in [5, 5.41) is 5.98. The number of benzene rings is 2. The van der Waals surface area contributed by atoms with Crippen molar-refractivity contribution in [3.05, 3.63) is 66.1 Å². The van der Waals surface area contributed by atoms with Gasteiger partial charge in [0.2, 0.25) is 0 Å².